The Hall–Kier alpha value is -2.05. The van der Waals surface area contributed by atoms with Crippen LogP contribution in [0, 0.1) is 0 Å². The van der Waals surface area contributed by atoms with E-state index in [9.17, 15) is 4.79 Å². The molecule has 1 unspecified atom stereocenters. The molecule has 100 valence electrons. The van der Waals surface area contributed by atoms with Gasteiger partial charge in [0.2, 0.25) is 11.8 Å². The van der Waals surface area contributed by atoms with Gasteiger partial charge in [0.1, 0.15) is 18.1 Å². The molecule has 0 aromatic carbocycles. The number of hydrogen-bond donors (Lipinski definition) is 3. The minimum absolute atomic E-state index is 0.149. The molecule has 0 spiro atoms. The Labute approximate surface area is 106 Å². The first kappa shape index (κ1) is 14.0. The van der Waals surface area contributed by atoms with E-state index in [1.165, 1.54) is 6.33 Å². The summed E-state index contributed by atoms with van der Waals surface area (Å²) in [6.45, 7) is 4.24. The van der Waals surface area contributed by atoms with Gasteiger partial charge in [-0.1, -0.05) is 6.92 Å². The lowest BCUT2D eigenvalue weighted by Crippen LogP contribution is -2.35. The van der Waals surface area contributed by atoms with Gasteiger partial charge in [0.05, 0.1) is 6.61 Å². The summed E-state index contributed by atoms with van der Waals surface area (Å²) >= 11 is 0. The second kappa shape index (κ2) is 6.63. The average Bonchev–Trinajstić information content (AvgIpc) is 2.38. The Morgan fingerprint density at radius 1 is 1.56 bits per heavy atom. The normalized spacial score (nSPS) is 11.7. The second-order valence-corrected chi connectivity index (χ2v) is 3.77. The van der Waals surface area contributed by atoms with Gasteiger partial charge in [-0.3, -0.25) is 4.79 Å². The summed E-state index contributed by atoms with van der Waals surface area (Å²) < 4.78 is 5.38. The van der Waals surface area contributed by atoms with E-state index in [1.54, 1.807) is 14.0 Å². The predicted molar refractivity (Wildman–Crippen MR) is 69.4 cm³/mol. The molecule has 0 aliphatic heterocycles. The highest BCUT2D eigenvalue weighted by Gasteiger charge is 2.15. The van der Waals surface area contributed by atoms with E-state index in [0.717, 1.165) is 6.42 Å². The van der Waals surface area contributed by atoms with Crippen LogP contribution in [-0.2, 0) is 4.79 Å². The summed E-state index contributed by atoms with van der Waals surface area (Å²) in [5, 5.41) is 5.45. The zero-order valence-corrected chi connectivity index (χ0v) is 10.9. The summed E-state index contributed by atoms with van der Waals surface area (Å²) in [4.78, 5) is 19.3. The number of aromatic nitrogens is 2. The molecule has 0 saturated carbocycles. The van der Waals surface area contributed by atoms with Crippen molar-refractivity contribution in [3.63, 3.8) is 0 Å². The predicted octanol–water partition coefficient (Wildman–Crippen LogP) is 0.394. The number of anilines is 2. The second-order valence-electron chi connectivity index (χ2n) is 3.77. The van der Waals surface area contributed by atoms with Gasteiger partial charge >= 0.3 is 0 Å². The number of hydrogen-bond acceptors (Lipinski definition) is 6. The van der Waals surface area contributed by atoms with Crippen LogP contribution >= 0.6 is 0 Å². The van der Waals surface area contributed by atoms with E-state index >= 15 is 0 Å². The van der Waals surface area contributed by atoms with Gasteiger partial charge < -0.3 is 21.1 Å². The molecule has 1 atom stereocenters. The van der Waals surface area contributed by atoms with Crippen molar-refractivity contribution in [1.82, 2.24) is 15.3 Å². The van der Waals surface area contributed by atoms with Crippen molar-refractivity contribution in [1.29, 1.82) is 0 Å². The van der Waals surface area contributed by atoms with Crippen LogP contribution in [0.5, 0.6) is 5.88 Å². The van der Waals surface area contributed by atoms with Crippen molar-refractivity contribution in [3.05, 3.63) is 6.33 Å². The van der Waals surface area contributed by atoms with Crippen LogP contribution in [0.1, 0.15) is 20.3 Å². The molecule has 1 amide bonds. The summed E-state index contributed by atoms with van der Waals surface area (Å²) in [5.74, 6) is 0.578. The van der Waals surface area contributed by atoms with Crippen LogP contribution in [0.3, 0.4) is 0 Å². The average molecular weight is 253 g/mol. The van der Waals surface area contributed by atoms with Gasteiger partial charge in [-0.2, -0.15) is 4.98 Å². The first-order chi connectivity index (χ1) is 8.60. The molecule has 1 rings (SSSR count). The summed E-state index contributed by atoms with van der Waals surface area (Å²) in [6, 6.07) is -0.439. The molecule has 7 heteroatoms. The van der Waals surface area contributed by atoms with Crippen LogP contribution in [0.4, 0.5) is 11.5 Å². The first-order valence-corrected chi connectivity index (χ1v) is 5.81. The molecule has 18 heavy (non-hydrogen) atoms. The zero-order chi connectivity index (χ0) is 13.5. The van der Waals surface area contributed by atoms with Crippen molar-refractivity contribution in [2.45, 2.75) is 26.3 Å². The Morgan fingerprint density at radius 3 is 2.89 bits per heavy atom. The third-order valence-corrected chi connectivity index (χ3v) is 2.28. The molecule has 0 saturated heterocycles. The van der Waals surface area contributed by atoms with Crippen molar-refractivity contribution in [3.8, 4) is 5.88 Å². The highest BCUT2D eigenvalue weighted by molar-refractivity contribution is 5.84. The Kier molecular flexibility index (Phi) is 5.16. The van der Waals surface area contributed by atoms with Gasteiger partial charge in [-0.25, -0.2) is 4.98 Å². The Morgan fingerprint density at radius 2 is 2.28 bits per heavy atom. The Balaban J connectivity index is 2.80. The largest absolute Gasteiger partial charge is 0.476 e. The van der Waals surface area contributed by atoms with E-state index in [1.807, 2.05) is 6.92 Å². The molecular formula is C11H19N5O2. The Bertz CT molecular complexity index is 410. The fourth-order valence-electron chi connectivity index (χ4n) is 1.30. The molecule has 1 aromatic heterocycles. The minimum Gasteiger partial charge on any atom is -0.476 e. The topological polar surface area (TPSA) is 102 Å². The highest BCUT2D eigenvalue weighted by Crippen LogP contribution is 2.25. The van der Waals surface area contributed by atoms with Crippen molar-refractivity contribution < 1.29 is 9.53 Å². The quantitative estimate of drug-likeness (QED) is 0.678. The standard InChI is InChI=1S/C11H19N5O2/c1-4-5-18-11-8(12)9(14-6-15-11)16-7(2)10(17)13-3/h6-7H,4-5,12H2,1-3H3,(H,13,17)(H,14,15,16). The van der Waals surface area contributed by atoms with Gasteiger partial charge in [0, 0.05) is 7.05 Å². The SMILES string of the molecule is CCCOc1ncnc(NC(C)C(=O)NC)c1N. The fraction of sp³-hybridized carbons (Fsp3) is 0.545. The number of likely N-dealkylation sites (N-methyl/N-ethyl adjacent to an activating group) is 1. The lowest BCUT2D eigenvalue weighted by molar-refractivity contribution is -0.121. The monoisotopic (exact) mass is 253 g/mol. The number of nitrogen functional groups attached to an aromatic ring is 1. The van der Waals surface area contributed by atoms with Gasteiger partial charge in [0.15, 0.2) is 5.82 Å². The smallest absolute Gasteiger partial charge is 0.242 e. The first-order valence-electron chi connectivity index (χ1n) is 5.81. The summed E-state index contributed by atoms with van der Waals surface area (Å²) in [5.41, 5.74) is 6.18. The molecule has 4 N–H and O–H groups in total. The molecule has 0 aliphatic carbocycles. The maximum atomic E-state index is 11.4. The molecule has 0 radical (unpaired) electrons. The van der Waals surface area contributed by atoms with Crippen LogP contribution in [0.25, 0.3) is 0 Å². The summed E-state index contributed by atoms with van der Waals surface area (Å²) in [7, 11) is 1.57. The van der Waals surface area contributed by atoms with Crippen LogP contribution in [0.15, 0.2) is 6.33 Å². The molecular weight excluding hydrogens is 234 g/mol. The molecule has 7 nitrogen and oxygen atoms in total. The van der Waals surface area contributed by atoms with E-state index < -0.39 is 6.04 Å². The maximum Gasteiger partial charge on any atom is 0.242 e. The highest BCUT2D eigenvalue weighted by atomic mass is 16.5. The maximum absolute atomic E-state index is 11.4. The third kappa shape index (κ3) is 3.47. The minimum atomic E-state index is -0.439. The van der Waals surface area contributed by atoms with Crippen LogP contribution < -0.4 is 21.1 Å². The lowest BCUT2D eigenvalue weighted by Gasteiger charge is -2.15. The number of carbonyl (C=O) groups is 1. The number of nitrogens with two attached hydrogens (primary N) is 1. The third-order valence-electron chi connectivity index (χ3n) is 2.28. The van der Waals surface area contributed by atoms with Gasteiger partial charge in [0.25, 0.3) is 0 Å². The number of carbonyl (C=O) groups excluding carboxylic acids is 1. The van der Waals surface area contributed by atoms with Gasteiger partial charge in [-0.15, -0.1) is 0 Å². The van der Waals surface area contributed by atoms with E-state index in [-0.39, 0.29) is 5.91 Å². The van der Waals surface area contributed by atoms with E-state index in [0.29, 0.717) is 24.0 Å². The van der Waals surface area contributed by atoms with Crippen LogP contribution in [-0.4, -0.2) is 35.6 Å². The number of ether oxygens (including phenoxy) is 1. The molecule has 0 bridgehead atoms. The van der Waals surface area contributed by atoms with E-state index in [4.69, 9.17) is 10.5 Å². The molecule has 1 heterocycles. The van der Waals surface area contributed by atoms with E-state index in [2.05, 4.69) is 20.6 Å². The molecule has 0 fully saturated rings. The fourth-order valence-corrected chi connectivity index (χ4v) is 1.30. The van der Waals surface area contributed by atoms with Crippen molar-refractivity contribution in [2.75, 3.05) is 24.7 Å². The lowest BCUT2D eigenvalue weighted by atomic mass is 10.3. The van der Waals surface area contributed by atoms with Gasteiger partial charge in [-0.05, 0) is 13.3 Å². The van der Waals surface area contributed by atoms with Crippen molar-refractivity contribution >= 4 is 17.4 Å². The number of nitrogens with zero attached hydrogens (tertiary/aromatic N) is 2. The van der Waals surface area contributed by atoms with Crippen molar-refractivity contribution in [2.24, 2.45) is 0 Å². The number of amides is 1. The number of rotatable bonds is 6. The molecule has 1 aromatic rings. The molecule has 0 aliphatic rings. The zero-order valence-electron chi connectivity index (χ0n) is 10.9. The summed E-state index contributed by atoms with van der Waals surface area (Å²) in [6.07, 6.45) is 2.21. The number of nitrogens with one attached hydrogen (secondary N) is 2. The van der Waals surface area contributed by atoms with Crippen LogP contribution in [0.2, 0.25) is 0 Å².